The molecule has 0 bridgehead atoms. The number of thiophene rings is 2. The van der Waals surface area contributed by atoms with Gasteiger partial charge in [0.2, 0.25) is 0 Å². The van der Waals surface area contributed by atoms with Gasteiger partial charge in [-0.15, -0.1) is 22.7 Å². The van der Waals surface area contributed by atoms with Crippen molar-refractivity contribution in [2.45, 2.75) is 6.92 Å². The summed E-state index contributed by atoms with van der Waals surface area (Å²) in [6, 6.07) is 17.9. The first-order chi connectivity index (χ1) is 15.3. The molecule has 4 heterocycles. The van der Waals surface area contributed by atoms with Crippen molar-refractivity contribution in [3.8, 4) is 0 Å². The van der Waals surface area contributed by atoms with Crippen LogP contribution in [0, 0.1) is 6.92 Å². The van der Waals surface area contributed by atoms with E-state index in [1.807, 2.05) is 42.1 Å². The molecule has 0 N–H and O–H groups in total. The normalized spacial score (nSPS) is 12.7. The molecule has 3 nitrogen and oxygen atoms in total. The minimum atomic E-state index is 0.959. The molecule has 0 saturated heterocycles. The van der Waals surface area contributed by atoms with Gasteiger partial charge in [-0.3, -0.25) is 9.39 Å². The fourth-order valence-electron chi connectivity index (χ4n) is 5.02. The van der Waals surface area contributed by atoms with E-state index >= 15 is 0 Å². The molecule has 31 heavy (non-hydrogen) atoms. The van der Waals surface area contributed by atoms with Crippen molar-refractivity contribution in [2.24, 2.45) is 4.99 Å². The number of imidazole rings is 1. The molecule has 0 aliphatic carbocycles. The summed E-state index contributed by atoms with van der Waals surface area (Å²) >= 11 is 3.77. The van der Waals surface area contributed by atoms with Crippen molar-refractivity contribution in [1.82, 2.24) is 9.38 Å². The van der Waals surface area contributed by atoms with E-state index in [4.69, 9.17) is 0 Å². The Labute approximate surface area is 185 Å². The minimum Gasteiger partial charge on any atom is -0.299 e. The topological polar surface area (TPSA) is 29.7 Å². The molecule has 0 fully saturated rings. The standard InChI is InChI=1S/C26H17N3S2/c1-14-16(13-27-2)26-28-11-12-29(26)17-7-8-20-24(22(14)17)25-21(31-20)10-9-19-23(25)15-5-3-4-6-18(15)30-19/h3-13H,1-2H3/b27-13-. The van der Waals surface area contributed by atoms with E-state index in [-0.39, 0.29) is 0 Å². The second-order valence-corrected chi connectivity index (χ2v) is 10.1. The summed E-state index contributed by atoms with van der Waals surface area (Å²) in [6.07, 6.45) is 5.88. The number of fused-ring (bicyclic) bond motifs is 11. The van der Waals surface area contributed by atoms with Gasteiger partial charge in [0.1, 0.15) is 5.65 Å². The number of hydrogen-bond acceptors (Lipinski definition) is 4. The second kappa shape index (κ2) is 6.13. The van der Waals surface area contributed by atoms with Crippen LogP contribution in [0.5, 0.6) is 0 Å². The number of nitrogens with zero attached hydrogens (tertiary/aromatic N) is 3. The first-order valence-electron chi connectivity index (χ1n) is 10.2. The first-order valence-corrected chi connectivity index (χ1v) is 11.9. The maximum absolute atomic E-state index is 4.64. The van der Waals surface area contributed by atoms with Crippen LogP contribution in [0.25, 0.3) is 56.9 Å². The average Bonchev–Trinajstić information content (AvgIpc) is 3.50. The molecule has 3 aromatic carbocycles. The van der Waals surface area contributed by atoms with Crippen molar-refractivity contribution in [3.05, 3.63) is 72.1 Å². The maximum atomic E-state index is 4.64. The molecule has 0 spiro atoms. The Morgan fingerprint density at radius 3 is 2.39 bits per heavy atom. The van der Waals surface area contributed by atoms with Crippen LogP contribution >= 0.6 is 22.7 Å². The Balaban J connectivity index is 1.84. The van der Waals surface area contributed by atoms with Crippen LogP contribution in [0.4, 0.5) is 0 Å². The van der Waals surface area contributed by atoms with Crippen LogP contribution in [0.1, 0.15) is 11.1 Å². The summed E-state index contributed by atoms with van der Waals surface area (Å²) in [6.45, 7) is 2.21. The number of pyridine rings is 1. The molecule has 0 radical (unpaired) electrons. The molecule has 0 saturated carbocycles. The summed E-state index contributed by atoms with van der Waals surface area (Å²) in [5.41, 5.74) is 4.48. The number of hydrogen-bond donors (Lipinski definition) is 0. The highest BCUT2D eigenvalue weighted by Gasteiger charge is 2.19. The van der Waals surface area contributed by atoms with Crippen molar-refractivity contribution in [1.29, 1.82) is 0 Å². The smallest absolute Gasteiger partial charge is 0.146 e. The second-order valence-electron chi connectivity index (χ2n) is 7.89. The number of aryl methyl sites for hydroxylation is 1. The number of benzene rings is 3. The van der Waals surface area contributed by atoms with Crippen molar-refractivity contribution in [2.75, 3.05) is 7.05 Å². The molecule has 5 heteroatoms. The highest BCUT2D eigenvalue weighted by Crippen LogP contribution is 2.47. The highest BCUT2D eigenvalue weighted by atomic mass is 32.1. The van der Waals surface area contributed by atoms with E-state index in [1.54, 1.807) is 0 Å². The SMILES string of the molecule is C/N=C\c1c(C)c2c3c(ccc2n2ccnc12)sc1ccc2sc4ccccc4c2c13. The molecule has 0 unspecified atom stereocenters. The third kappa shape index (κ3) is 2.17. The summed E-state index contributed by atoms with van der Waals surface area (Å²) in [5.74, 6) is 0. The molecule has 7 rings (SSSR count). The zero-order chi connectivity index (χ0) is 20.7. The lowest BCUT2D eigenvalue weighted by Gasteiger charge is -2.12. The summed E-state index contributed by atoms with van der Waals surface area (Å²) in [5, 5.41) is 6.76. The van der Waals surface area contributed by atoms with Gasteiger partial charge in [0.25, 0.3) is 0 Å². The fourth-order valence-corrected chi connectivity index (χ4v) is 7.25. The third-order valence-electron chi connectivity index (χ3n) is 6.30. The lowest BCUT2D eigenvalue weighted by atomic mass is 9.97. The van der Waals surface area contributed by atoms with E-state index in [0.29, 0.717) is 0 Å². The molecular formula is C26H17N3S2. The van der Waals surface area contributed by atoms with Gasteiger partial charge in [0.05, 0.1) is 5.52 Å². The summed E-state index contributed by atoms with van der Waals surface area (Å²) < 4.78 is 7.56. The first kappa shape index (κ1) is 17.4. The largest absolute Gasteiger partial charge is 0.299 e. The van der Waals surface area contributed by atoms with Gasteiger partial charge in [-0.05, 0) is 42.8 Å². The van der Waals surface area contributed by atoms with Crippen LogP contribution in [0.15, 0.2) is 65.9 Å². The molecular weight excluding hydrogens is 418 g/mol. The van der Waals surface area contributed by atoms with E-state index in [9.17, 15) is 0 Å². The van der Waals surface area contributed by atoms with E-state index in [1.165, 1.54) is 56.8 Å². The van der Waals surface area contributed by atoms with Gasteiger partial charge in [-0.2, -0.15) is 0 Å². The monoisotopic (exact) mass is 435 g/mol. The van der Waals surface area contributed by atoms with Crippen LogP contribution in [0.3, 0.4) is 0 Å². The quantitative estimate of drug-likeness (QED) is 0.244. The van der Waals surface area contributed by atoms with E-state index in [2.05, 4.69) is 76.0 Å². The maximum Gasteiger partial charge on any atom is 0.146 e. The average molecular weight is 436 g/mol. The number of aromatic nitrogens is 2. The van der Waals surface area contributed by atoms with Gasteiger partial charge in [-0.25, -0.2) is 4.98 Å². The Morgan fingerprint density at radius 2 is 1.55 bits per heavy atom. The molecule has 0 aliphatic heterocycles. The summed E-state index contributed by atoms with van der Waals surface area (Å²) in [4.78, 5) is 8.98. The fraction of sp³-hybridized carbons (Fsp3) is 0.0769. The molecule has 0 atom stereocenters. The zero-order valence-electron chi connectivity index (χ0n) is 17.0. The molecule has 4 aromatic heterocycles. The van der Waals surface area contributed by atoms with Gasteiger partial charge >= 0.3 is 0 Å². The Morgan fingerprint density at radius 1 is 0.839 bits per heavy atom. The zero-order valence-corrected chi connectivity index (χ0v) is 18.6. The lowest BCUT2D eigenvalue weighted by Crippen LogP contribution is -1.98. The molecule has 0 aliphatic rings. The Kier molecular flexibility index (Phi) is 3.44. The lowest BCUT2D eigenvalue weighted by molar-refractivity contribution is 1.24. The van der Waals surface area contributed by atoms with Gasteiger partial charge in [0.15, 0.2) is 0 Å². The molecule has 0 amide bonds. The van der Waals surface area contributed by atoms with E-state index in [0.717, 1.165) is 11.2 Å². The van der Waals surface area contributed by atoms with Gasteiger partial charge < -0.3 is 0 Å². The van der Waals surface area contributed by atoms with Crippen molar-refractivity contribution >= 4 is 85.8 Å². The van der Waals surface area contributed by atoms with Crippen LogP contribution < -0.4 is 0 Å². The Bertz CT molecular complexity index is 1860. The highest BCUT2D eigenvalue weighted by molar-refractivity contribution is 7.28. The number of rotatable bonds is 1. The predicted octanol–water partition coefficient (Wildman–Crippen LogP) is 7.58. The number of aliphatic imine (C=N–C) groups is 1. The predicted molar refractivity (Wildman–Crippen MR) is 137 cm³/mol. The summed E-state index contributed by atoms with van der Waals surface area (Å²) in [7, 11) is 1.82. The van der Waals surface area contributed by atoms with Crippen molar-refractivity contribution in [3.63, 3.8) is 0 Å². The Hall–Kier alpha value is -3.28. The third-order valence-corrected chi connectivity index (χ3v) is 8.55. The minimum absolute atomic E-state index is 0.959. The molecule has 148 valence electrons. The van der Waals surface area contributed by atoms with E-state index < -0.39 is 0 Å². The van der Waals surface area contributed by atoms with Gasteiger partial charge in [-0.1, -0.05) is 18.2 Å². The van der Waals surface area contributed by atoms with Crippen LogP contribution in [-0.4, -0.2) is 22.6 Å². The van der Waals surface area contributed by atoms with Crippen LogP contribution in [-0.2, 0) is 0 Å². The van der Waals surface area contributed by atoms with Crippen LogP contribution in [0.2, 0.25) is 0 Å². The molecule has 7 aromatic rings. The van der Waals surface area contributed by atoms with Crippen molar-refractivity contribution < 1.29 is 0 Å². The van der Waals surface area contributed by atoms with Gasteiger partial charge in [0, 0.05) is 77.0 Å².